The molecule has 1 aromatic rings. The first kappa shape index (κ1) is 14.2. The number of anilines is 1. The summed E-state index contributed by atoms with van der Waals surface area (Å²) in [4.78, 5) is 0. The van der Waals surface area contributed by atoms with E-state index in [0.29, 0.717) is 0 Å². The van der Waals surface area contributed by atoms with E-state index < -0.39 is 16.8 Å². The van der Waals surface area contributed by atoms with E-state index in [1.165, 1.54) is 6.07 Å². The van der Waals surface area contributed by atoms with Crippen molar-refractivity contribution in [2.75, 3.05) is 5.01 Å². The van der Waals surface area contributed by atoms with Crippen molar-refractivity contribution in [2.24, 2.45) is 11.6 Å². The molecule has 1 rings (SSSR count). The Morgan fingerprint density at radius 3 is 2.56 bits per heavy atom. The van der Waals surface area contributed by atoms with Gasteiger partial charge in [0.25, 0.3) is 0 Å². The molecule has 0 saturated carbocycles. The molecule has 0 unspecified atom stereocenters. The van der Waals surface area contributed by atoms with E-state index in [1.807, 2.05) is 0 Å². The van der Waals surface area contributed by atoms with Crippen LogP contribution in [0.1, 0.15) is 5.56 Å². The van der Waals surface area contributed by atoms with Crippen molar-refractivity contribution in [2.45, 2.75) is 6.18 Å². The number of rotatable bonds is 2. The Kier molecular flexibility index (Phi) is 4.06. The van der Waals surface area contributed by atoms with Crippen LogP contribution in [0, 0.1) is 11.3 Å². The van der Waals surface area contributed by atoms with Crippen LogP contribution >= 0.6 is 11.6 Å². The van der Waals surface area contributed by atoms with Gasteiger partial charge in [0.15, 0.2) is 0 Å². The molecule has 0 radical (unpaired) electrons. The average molecular weight is 277 g/mol. The Morgan fingerprint density at radius 1 is 1.44 bits per heavy atom. The molecule has 8 heteroatoms. The molecule has 4 N–H and O–H groups in total. The van der Waals surface area contributed by atoms with Gasteiger partial charge in [0.1, 0.15) is 11.8 Å². The number of allylic oxidation sites excluding steroid dienone is 1. The Balaban J connectivity index is 3.18. The summed E-state index contributed by atoms with van der Waals surface area (Å²) in [6.07, 6.45) is -3.58. The van der Waals surface area contributed by atoms with Crippen molar-refractivity contribution in [3.8, 4) is 6.07 Å². The van der Waals surface area contributed by atoms with Crippen molar-refractivity contribution >= 4 is 17.3 Å². The Labute approximate surface area is 106 Å². The van der Waals surface area contributed by atoms with Crippen LogP contribution < -0.4 is 16.6 Å². The van der Waals surface area contributed by atoms with Crippen molar-refractivity contribution in [1.29, 1.82) is 5.26 Å². The summed E-state index contributed by atoms with van der Waals surface area (Å²) in [6.45, 7) is 0. The lowest BCUT2D eigenvalue weighted by atomic mass is 10.2. The number of hydrogen-bond acceptors (Lipinski definition) is 4. The van der Waals surface area contributed by atoms with Crippen molar-refractivity contribution < 1.29 is 13.2 Å². The summed E-state index contributed by atoms with van der Waals surface area (Å²) in [7, 11) is 0. The molecular weight excluding hydrogens is 269 g/mol. The molecule has 4 nitrogen and oxygen atoms in total. The summed E-state index contributed by atoms with van der Waals surface area (Å²) in [5.41, 5.74) is 3.95. The lowest BCUT2D eigenvalue weighted by molar-refractivity contribution is -0.137. The van der Waals surface area contributed by atoms with E-state index >= 15 is 0 Å². The van der Waals surface area contributed by atoms with E-state index in [1.54, 1.807) is 6.07 Å². The van der Waals surface area contributed by atoms with Crippen LogP contribution in [0.3, 0.4) is 0 Å². The summed E-state index contributed by atoms with van der Waals surface area (Å²) in [5.74, 6) is 5.45. The Hall–Kier alpha value is -1.91. The molecule has 0 amide bonds. The first-order chi connectivity index (χ1) is 8.25. The first-order valence-electron chi connectivity index (χ1n) is 4.53. The largest absolute Gasteiger partial charge is 0.417 e. The predicted molar refractivity (Wildman–Crippen MR) is 61.0 cm³/mol. The van der Waals surface area contributed by atoms with E-state index in [2.05, 4.69) is 0 Å². The van der Waals surface area contributed by atoms with E-state index in [-0.39, 0.29) is 11.4 Å². The molecule has 18 heavy (non-hydrogen) atoms. The SMILES string of the molecule is N#C/C(N)=C/N(N)c1ccc(Cl)c(C(F)(F)F)c1. The van der Waals surface area contributed by atoms with Crippen LogP contribution in [0.25, 0.3) is 0 Å². The van der Waals surface area contributed by atoms with Gasteiger partial charge in [0.05, 0.1) is 22.5 Å². The van der Waals surface area contributed by atoms with Gasteiger partial charge in [-0.25, -0.2) is 5.84 Å². The molecule has 0 atom stereocenters. The van der Waals surface area contributed by atoms with Crippen LogP contribution in [0.5, 0.6) is 0 Å². The maximum Gasteiger partial charge on any atom is 0.417 e. The molecular formula is C10H8ClF3N4. The van der Waals surface area contributed by atoms with Crippen molar-refractivity contribution in [3.05, 3.63) is 40.7 Å². The minimum Gasteiger partial charge on any atom is -0.389 e. The molecule has 0 aromatic heterocycles. The standard InChI is InChI=1S/C10H8ClF3N4/c11-9-2-1-7(3-8(9)10(12,13)14)18(17)5-6(16)4-15/h1-3,5H,16-17H2/b6-5-. The van der Waals surface area contributed by atoms with Crippen LogP contribution in [-0.4, -0.2) is 0 Å². The zero-order valence-corrected chi connectivity index (χ0v) is 9.63. The third kappa shape index (κ3) is 3.29. The molecule has 0 saturated heterocycles. The van der Waals surface area contributed by atoms with Crippen LogP contribution in [-0.2, 0) is 6.18 Å². The molecule has 0 bridgehead atoms. The minimum atomic E-state index is -4.58. The van der Waals surface area contributed by atoms with Crippen LogP contribution in [0.2, 0.25) is 5.02 Å². The third-order valence-corrected chi connectivity index (χ3v) is 2.29. The number of benzene rings is 1. The summed E-state index contributed by atoms with van der Waals surface area (Å²) in [6, 6.07) is 4.70. The smallest absolute Gasteiger partial charge is 0.389 e. The van der Waals surface area contributed by atoms with Gasteiger partial charge in [-0.3, -0.25) is 5.01 Å². The number of hydrazine groups is 1. The van der Waals surface area contributed by atoms with Crippen LogP contribution in [0.15, 0.2) is 30.1 Å². The van der Waals surface area contributed by atoms with Gasteiger partial charge in [-0.1, -0.05) is 11.6 Å². The molecule has 96 valence electrons. The molecule has 0 aliphatic heterocycles. The monoisotopic (exact) mass is 276 g/mol. The third-order valence-electron chi connectivity index (χ3n) is 1.96. The highest BCUT2D eigenvalue weighted by Gasteiger charge is 2.33. The molecule has 1 aromatic carbocycles. The number of nitriles is 1. The fourth-order valence-corrected chi connectivity index (χ4v) is 1.37. The topological polar surface area (TPSA) is 79.1 Å². The predicted octanol–water partition coefficient (Wildman–Crippen LogP) is 2.36. The van der Waals surface area contributed by atoms with Gasteiger partial charge in [-0.2, -0.15) is 18.4 Å². The number of nitrogens with two attached hydrogens (primary N) is 2. The Morgan fingerprint density at radius 2 is 2.06 bits per heavy atom. The normalized spacial score (nSPS) is 12.1. The highest BCUT2D eigenvalue weighted by atomic mass is 35.5. The number of halogens is 4. The van der Waals surface area contributed by atoms with Crippen molar-refractivity contribution in [1.82, 2.24) is 0 Å². The number of hydrogen-bond donors (Lipinski definition) is 2. The molecule has 0 aliphatic rings. The second kappa shape index (κ2) is 5.16. The second-order valence-electron chi connectivity index (χ2n) is 3.27. The highest BCUT2D eigenvalue weighted by Crippen LogP contribution is 2.36. The zero-order valence-electron chi connectivity index (χ0n) is 8.87. The fourth-order valence-electron chi connectivity index (χ4n) is 1.14. The first-order valence-corrected chi connectivity index (χ1v) is 4.91. The summed E-state index contributed by atoms with van der Waals surface area (Å²) >= 11 is 5.45. The number of nitrogens with zero attached hydrogens (tertiary/aromatic N) is 2. The molecule has 0 aliphatic carbocycles. The van der Waals surface area contributed by atoms with Gasteiger partial charge >= 0.3 is 6.18 Å². The lowest BCUT2D eigenvalue weighted by Crippen LogP contribution is -2.26. The summed E-state index contributed by atoms with van der Waals surface area (Å²) < 4.78 is 37.8. The maximum absolute atomic E-state index is 12.6. The second-order valence-corrected chi connectivity index (χ2v) is 3.67. The van der Waals surface area contributed by atoms with E-state index in [9.17, 15) is 13.2 Å². The average Bonchev–Trinajstić information content (AvgIpc) is 2.27. The van der Waals surface area contributed by atoms with Crippen molar-refractivity contribution in [3.63, 3.8) is 0 Å². The van der Waals surface area contributed by atoms with Gasteiger partial charge in [-0.05, 0) is 18.2 Å². The highest BCUT2D eigenvalue weighted by molar-refractivity contribution is 6.31. The maximum atomic E-state index is 12.6. The van der Waals surface area contributed by atoms with E-state index in [4.69, 9.17) is 28.4 Å². The quantitative estimate of drug-likeness (QED) is 0.494. The molecule has 0 fully saturated rings. The van der Waals surface area contributed by atoms with Gasteiger partial charge in [0, 0.05) is 0 Å². The van der Waals surface area contributed by atoms with Crippen LogP contribution in [0.4, 0.5) is 18.9 Å². The van der Waals surface area contributed by atoms with Gasteiger partial charge < -0.3 is 5.73 Å². The van der Waals surface area contributed by atoms with E-state index in [0.717, 1.165) is 23.3 Å². The zero-order chi connectivity index (χ0) is 13.9. The van der Waals surface area contributed by atoms with Gasteiger partial charge in [0.2, 0.25) is 0 Å². The minimum absolute atomic E-state index is 0.00456. The molecule has 0 spiro atoms. The Bertz CT molecular complexity index is 519. The molecule has 0 heterocycles. The summed E-state index contributed by atoms with van der Waals surface area (Å²) in [5, 5.41) is 8.81. The number of alkyl halides is 3. The fraction of sp³-hybridized carbons (Fsp3) is 0.100. The lowest BCUT2D eigenvalue weighted by Gasteiger charge is -2.16. The van der Waals surface area contributed by atoms with Gasteiger partial charge in [-0.15, -0.1) is 0 Å².